The van der Waals surface area contributed by atoms with E-state index in [9.17, 15) is 8.42 Å². The second-order valence-corrected chi connectivity index (χ2v) is 7.53. The number of aryl methyl sites for hydroxylation is 1. The lowest BCUT2D eigenvalue weighted by atomic mass is 9.97. The topological polar surface area (TPSA) is 60.2 Å². The standard InChI is InChI=1S/C9H15NO2S2/c1-6-7(9(2,3)10)5-8(13-6)14(4,11)12/h5H,10H2,1-4H3. The molecule has 80 valence electrons. The Hall–Kier alpha value is -0.390. The average molecular weight is 233 g/mol. The zero-order valence-corrected chi connectivity index (χ0v) is 10.4. The molecule has 0 aliphatic heterocycles. The van der Waals surface area contributed by atoms with Crippen molar-refractivity contribution in [2.75, 3.05) is 6.26 Å². The molecule has 0 unspecified atom stereocenters. The lowest BCUT2D eigenvalue weighted by Crippen LogP contribution is -2.28. The zero-order chi connectivity index (χ0) is 11.1. The van der Waals surface area contributed by atoms with Crippen molar-refractivity contribution in [3.05, 3.63) is 16.5 Å². The van der Waals surface area contributed by atoms with E-state index in [1.807, 2.05) is 20.8 Å². The van der Waals surface area contributed by atoms with E-state index in [2.05, 4.69) is 0 Å². The van der Waals surface area contributed by atoms with Gasteiger partial charge >= 0.3 is 0 Å². The fourth-order valence-electron chi connectivity index (χ4n) is 1.28. The Morgan fingerprint density at radius 2 is 1.93 bits per heavy atom. The lowest BCUT2D eigenvalue weighted by Gasteiger charge is -2.18. The van der Waals surface area contributed by atoms with Crippen LogP contribution in [0.5, 0.6) is 0 Å². The van der Waals surface area contributed by atoms with Crippen LogP contribution < -0.4 is 5.73 Å². The molecule has 5 heteroatoms. The Bertz CT molecular complexity index is 438. The predicted molar refractivity (Wildman–Crippen MR) is 59.4 cm³/mol. The Morgan fingerprint density at radius 3 is 2.14 bits per heavy atom. The van der Waals surface area contributed by atoms with E-state index in [-0.39, 0.29) is 0 Å². The summed E-state index contributed by atoms with van der Waals surface area (Å²) in [7, 11) is -3.10. The van der Waals surface area contributed by atoms with Gasteiger partial charge in [-0.3, -0.25) is 0 Å². The van der Waals surface area contributed by atoms with Gasteiger partial charge in [0, 0.05) is 16.7 Å². The summed E-state index contributed by atoms with van der Waals surface area (Å²) in [6.07, 6.45) is 1.21. The number of hydrogen-bond acceptors (Lipinski definition) is 4. The molecule has 0 aliphatic carbocycles. The van der Waals surface area contributed by atoms with Crippen molar-refractivity contribution in [1.82, 2.24) is 0 Å². The van der Waals surface area contributed by atoms with Gasteiger partial charge in [0.05, 0.1) is 0 Å². The molecule has 0 saturated carbocycles. The van der Waals surface area contributed by atoms with E-state index in [1.54, 1.807) is 6.07 Å². The Balaban J connectivity index is 3.33. The molecular weight excluding hydrogens is 218 g/mol. The zero-order valence-electron chi connectivity index (χ0n) is 8.79. The lowest BCUT2D eigenvalue weighted by molar-refractivity contribution is 0.552. The van der Waals surface area contributed by atoms with E-state index < -0.39 is 15.4 Å². The highest BCUT2D eigenvalue weighted by atomic mass is 32.2. The fraction of sp³-hybridized carbons (Fsp3) is 0.556. The predicted octanol–water partition coefficient (Wildman–Crippen LogP) is 1.65. The first-order valence-corrected chi connectivity index (χ1v) is 6.93. The minimum atomic E-state index is -3.10. The molecule has 2 N–H and O–H groups in total. The maximum Gasteiger partial charge on any atom is 0.184 e. The van der Waals surface area contributed by atoms with Crippen LogP contribution in [0.1, 0.15) is 24.3 Å². The summed E-state index contributed by atoms with van der Waals surface area (Å²) < 4.78 is 23.0. The highest BCUT2D eigenvalue weighted by molar-refractivity contribution is 7.92. The average Bonchev–Trinajstić information content (AvgIpc) is 2.27. The molecule has 0 saturated heterocycles. The minimum absolute atomic E-state index is 0.392. The quantitative estimate of drug-likeness (QED) is 0.845. The van der Waals surface area contributed by atoms with Crippen molar-refractivity contribution in [2.24, 2.45) is 5.73 Å². The van der Waals surface area contributed by atoms with E-state index in [4.69, 9.17) is 5.73 Å². The van der Waals surface area contributed by atoms with Gasteiger partial charge in [0.25, 0.3) is 0 Å². The maximum atomic E-state index is 11.3. The first-order chi connectivity index (χ1) is 6.12. The van der Waals surface area contributed by atoms with Gasteiger partial charge in [0.2, 0.25) is 0 Å². The van der Waals surface area contributed by atoms with Crippen molar-refractivity contribution >= 4 is 21.2 Å². The highest BCUT2D eigenvalue weighted by Crippen LogP contribution is 2.31. The molecular formula is C9H15NO2S2. The summed E-state index contributed by atoms with van der Waals surface area (Å²) >= 11 is 1.28. The van der Waals surface area contributed by atoms with Gasteiger partial charge in [-0.2, -0.15) is 0 Å². The molecule has 0 spiro atoms. The minimum Gasteiger partial charge on any atom is -0.322 e. The highest BCUT2D eigenvalue weighted by Gasteiger charge is 2.22. The Morgan fingerprint density at radius 1 is 1.43 bits per heavy atom. The van der Waals surface area contributed by atoms with Crippen molar-refractivity contribution in [2.45, 2.75) is 30.5 Å². The normalized spacial score (nSPS) is 13.2. The van der Waals surface area contributed by atoms with Crippen LogP contribution in [-0.2, 0) is 15.4 Å². The molecule has 1 heterocycles. The second-order valence-electron chi connectivity index (χ2n) is 4.03. The molecule has 14 heavy (non-hydrogen) atoms. The molecule has 1 rings (SSSR count). The molecule has 0 amide bonds. The third kappa shape index (κ3) is 2.34. The fourth-order valence-corrected chi connectivity index (χ4v) is 3.50. The smallest absolute Gasteiger partial charge is 0.184 e. The summed E-state index contributed by atoms with van der Waals surface area (Å²) in [5.74, 6) is 0. The van der Waals surface area contributed by atoms with Crippen LogP contribution in [0.3, 0.4) is 0 Å². The van der Waals surface area contributed by atoms with E-state index in [0.717, 1.165) is 10.4 Å². The van der Waals surface area contributed by atoms with E-state index >= 15 is 0 Å². The molecule has 3 nitrogen and oxygen atoms in total. The summed E-state index contributed by atoms with van der Waals surface area (Å²) in [6, 6.07) is 1.68. The molecule has 0 aromatic carbocycles. The van der Waals surface area contributed by atoms with Gasteiger partial charge in [-0.25, -0.2) is 8.42 Å². The molecule has 0 bridgehead atoms. The van der Waals surface area contributed by atoms with Crippen LogP contribution in [0, 0.1) is 6.92 Å². The van der Waals surface area contributed by atoms with Gasteiger partial charge < -0.3 is 5.73 Å². The van der Waals surface area contributed by atoms with Gasteiger partial charge in [-0.15, -0.1) is 11.3 Å². The van der Waals surface area contributed by atoms with Crippen molar-refractivity contribution in [3.63, 3.8) is 0 Å². The maximum absolute atomic E-state index is 11.3. The van der Waals surface area contributed by atoms with Gasteiger partial charge in [-0.05, 0) is 32.4 Å². The van der Waals surface area contributed by atoms with Crippen LogP contribution in [0.4, 0.5) is 0 Å². The first-order valence-electron chi connectivity index (χ1n) is 4.22. The molecule has 0 atom stereocenters. The number of thiophene rings is 1. The second kappa shape index (κ2) is 3.32. The van der Waals surface area contributed by atoms with Crippen molar-refractivity contribution in [3.8, 4) is 0 Å². The first kappa shape index (κ1) is 11.7. The molecule has 1 aromatic heterocycles. The van der Waals surface area contributed by atoms with Crippen LogP contribution in [0.15, 0.2) is 10.3 Å². The number of nitrogens with two attached hydrogens (primary N) is 1. The molecule has 0 fully saturated rings. The van der Waals surface area contributed by atoms with Gasteiger partial charge in [0.15, 0.2) is 9.84 Å². The monoisotopic (exact) mass is 233 g/mol. The Labute approximate surface area is 88.9 Å². The molecule has 0 aliphatic rings. The largest absolute Gasteiger partial charge is 0.322 e. The van der Waals surface area contributed by atoms with Gasteiger partial charge in [-0.1, -0.05) is 0 Å². The van der Waals surface area contributed by atoms with Crippen LogP contribution in [0.25, 0.3) is 0 Å². The third-order valence-corrected chi connectivity index (χ3v) is 4.81. The number of hydrogen-bond donors (Lipinski definition) is 1. The number of rotatable bonds is 2. The van der Waals surface area contributed by atoms with Gasteiger partial charge in [0.1, 0.15) is 4.21 Å². The van der Waals surface area contributed by atoms with E-state index in [1.165, 1.54) is 17.6 Å². The van der Waals surface area contributed by atoms with Crippen molar-refractivity contribution in [1.29, 1.82) is 0 Å². The number of sulfone groups is 1. The Kier molecular flexibility index (Phi) is 2.77. The summed E-state index contributed by atoms with van der Waals surface area (Å²) in [5, 5.41) is 0. The van der Waals surface area contributed by atoms with Crippen LogP contribution in [0.2, 0.25) is 0 Å². The van der Waals surface area contributed by atoms with Crippen LogP contribution in [-0.4, -0.2) is 14.7 Å². The van der Waals surface area contributed by atoms with E-state index in [0.29, 0.717) is 4.21 Å². The summed E-state index contributed by atoms with van der Waals surface area (Å²) in [6.45, 7) is 5.63. The summed E-state index contributed by atoms with van der Waals surface area (Å²) in [4.78, 5) is 0.970. The summed E-state index contributed by atoms with van der Waals surface area (Å²) in [5.41, 5.74) is 6.35. The van der Waals surface area contributed by atoms with Crippen LogP contribution >= 0.6 is 11.3 Å². The van der Waals surface area contributed by atoms with Crippen molar-refractivity contribution < 1.29 is 8.42 Å². The molecule has 1 aromatic rings. The molecule has 0 radical (unpaired) electrons. The SMILES string of the molecule is Cc1sc(S(C)(=O)=O)cc1C(C)(C)N. The third-order valence-electron chi connectivity index (χ3n) is 1.95.